The van der Waals surface area contributed by atoms with Crippen LogP contribution in [0.4, 0.5) is 0 Å². The van der Waals surface area contributed by atoms with Crippen LogP contribution >= 0.6 is 0 Å². The van der Waals surface area contributed by atoms with Crippen molar-refractivity contribution >= 4 is 10.9 Å². The first-order valence-corrected chi connectivity index (χ1v) is 10.6. The summed E-state index contributed by atoms with van der Waals surface area (Å²) >= 11 is 0. The maximum Gasteiger partial charge on any atom is 0.259 e. The van der Waals surface area contributed by atoms with Gasteiger partial charge in [0.1, 0.15) is 5.82 Å². The summed E-state index contributed by atoms with van der Waals surface area (Å²) in [7, 11) is 0. The molecule has 7 nitrogen and oxygen atoms in total. The van der Waals surface area contributed by atoms with Crippen LogP contribution in [0.25, 0.3) is 22.3 Å². The van der Waals surface area contributed by atoms with Crippen molar-refractivity contribution < 1.29 is 4.74 Å². The van der Waals surface area contributed by atoms with Gasteiger partial charge in [-0.15, -0.1) is 0 Å². The zero-order valence-corrected chi connectivity index (χ0v) is 17.5. The highest BCUT2D eigenvalue weighted by Crippen LogP contribution is 2.25. The van der Waals surface area contributed by atoms with E-state index in [0.717, 1.165) is 35.2 Å². The maximum absolute atomic E-state index is 12.9. The zero-order valence-electron chi connectivity index (χ0n) is 17.5. The van der Waals surface area contributed by atoms with Crippen LogP contribution in [-0.4, -0.2) is 50.7 Å². The molecule has 0 radical (unpaired) electrons. The molecular weight excluding hydrogens is 390 g/mol. The molecule has 4 heterocycles. The first-order valence-electron chi connectivity index (χ1n) is 10.6. The second-order valence-corrected chi connectivity index (χ2v) is 7.92. The van der Waals surface area contributed by atoms with Gasteiger partial charge < -0.3 is 14.3 Å². The SMILES string of the molecule is Cc1ccc2[nH]c(=O)c(-c3nccn3CC(c3ccccn3)N3CCOCC3)cc2c1. The molecule has 31 heavy (non-hydrogen) atoms. The molecule has 1 saturated heterocycles. The molecule has 0 aliphatic carbocycles. The molecule has 1 unspecified atom stereocenters. The summed E-state index contributed by atoms with van der Waals surface area (Å²) in [5.74, 6) is 0.666. The summed E-state index contributed by atoms with van der Waals surface area (Å²) in [4.78, 5) is 27.4. The predicted octanol–water partition coefficient (Wildman–Crippen LogP) is 3.17. The Hall–Kier alpha value is -3.29. The van der Waals surface area contributed by atoms with Gasteiger partial charge >= 0.3 is 0 Å². The number of ether oxygens (including phenoxy) is 1. The molecule has 7 heteroatoms. The summed E-state index contributed by atoms with van der Waals surface area (Å²) < 4.78 is 7.61. The number of pyridine rings is 2. The van der Waals surface area contributed by atoms with Gasteiger partial charge in [-0.3, -0.25) is 14.7 Å². The Labute approximate surface area is 180 Å². The van der Waals surface area contributed by atoms with E-state index in [0.29, 0.717) is 31.1 Å². The first kappa shape index (κ1) is 19.7. The average Bonchev–Trinajstić information content (AvgIpc) is 3.26. The Morgan fingerprint density at radius 2 is 1.97 bits per heavy atom. The molecule has 0 spiro atoms. The fourth-order valence-corrected chi connectivity index (χ4v) is 4.24. The highest BCUT2D eigenvalue weighted by Gasteiger charge is 2.25. The van der Waals surface area contributed by atoms with Gasteiger partial charge in [-0.2, -0.15) is 0 Å². The predicted molar refractivity (Wildman–Crippen MR) is 120 cm³/mol. The van der Waals surface area contributed by atoms with Gasteiger partial charge in [-0.1, -0.05) is 17.7 Å². The van der Waals surface area contributed by atoms with Crippen LogP contribution in [0.15, 0.2) is 65.8 Å². The van der Waals surface area contributed by atoms with E-state index in [9.17, 15) is 4.79 Å². The van der Waals surface area contributed by atoms with E-state index in [1.54, 1.807) is 6.20 Å². The van der Waals surface area contributed by atoms with E-state index in [1.807, 2.05) is 49.6 Å². The standard InChI is InChI=1S/C24H25N5O2/c1-17-5-6-20-18(14-17)15-19(24(30)27-20)23-26-8-9-29(23)16-22(21-4-2-3-7-25-21)28-10-12-31-13-11-28/h2-9,14-15,22H,10-13,16H2,1H3,(H,27,30). The van der Waals surface area contributed by atoms with Crippen LogP contribution in [0.3, 0.4) is 0 Å². The lowest BCUT2D eigenvalue weighted by Crippen LogP contribution is -2.41. The van der Waals surface area contributed by atoms with Crippen molar-refractivity contribution in [3.05, 3.63) is 82.7 Å². The molecule has 1 aliphatic heterocycles. The van der Waals surface area contributed by atoms with E-state index in [-0.39, 0.29) is 11.6 Å². The third kappa shape index (κ3) is 4.02. The number of morpholine rings is 1. The van der Waals surface area contributed by atoms with Crippen LogP contribution in [0, 0.1) is 6.92 Å². The number of benzene rings is 1. The molecule has 4 aromatic rings. The summed E-state index contributed by atoms with van der Waals surface area (Å²) in [6.45, 7) is 5.82. The number of H-pyrrole nitrogens is 1. The lowest BCUT2D eigenvalue weighted by molar-refractivity contribution is 0.0115. The topological polar surface area (TPSA) is 76.0 Å². The van der Waals surface area contributed by atoms with Gasteiger partial charge in [0.05, 0.1) is 30.5 Å². The molecule has 3 aromatic heterocycles. The fraction of sp³-hybridized carbons (Fsp3) is 0.292. The number of imidazole rings is 1. The van der Waals surface area contributed by atoms with E-state index >= 15 is 0 Å². The molecule has 1 N–H and O–H groups in total. The second kappa shape index (κ2) is 8.45. The van der Waals surface area contributed by atoms with Crippen LogP contribution in [0.1, 0.15) is 17.3 Å². The first-order chi connectivity index (χ1) is 15.2. The van der Waals surface area contributed by atoms with E-state index in [1.165, 1.54) is 0 Å². The number of hydrogen-bond acceptors (Lipinski definition) is 5. The molecular formula is C24H25N5O2. The molecule has 158 valence electrons. The Morgan fingerprint density at radius 3 is 2.77 bits per heavy atom. The second-order valence-electron chi connectivity index (χ2n) is 7.92. The highest BCUT2D eigenvalue weighted by molar-refractivity contribution is 5.83. The summed E-state index contributed by atoms with van der Waals surface area (Å²) in [6.07, 6.45) is 5.52. The van der Waals surface area contributed by atoms with Crippen molar-refractivity contribution in [2.75, 3.05) is 26.3 Å². The molecule has 1 aromatic carbocycles. The number of fused-ring (bicyclic) bond motifs is 1. The lowest BCUT2D eigenvalue weighted by Gasteiger charge is -2.34. The van der Waals surface area contributed by atoms with Gasteiger partial charge in [0.2, 0.25) is 0 Å². The minimum Gasteiger partial charge on any atom is -0.379 e. The van der Waals surface area contributed by atoms with Crippen molar-refractivity contribution in [1.82, 2.24) is 24.4 Å². The minimum absolute atomic E-state index is 0.0693. The smallest absolute Gasteiger partial charge is 0.259 e. The van der Waals surface area contributed by atoms with Crippen molar-refractivity contribution in [3.8, 4) is 11.4 Å². The normalized spacial score (nSPS) is 15.9. The number of aromatic nitrogens is 4. The molecule has 0 saturated carbocycles. The molecule has 0 bridgehead atoms. The van der Waals surface area contributed by atoms with Gasteiger partial charge in [-0.25, -0.2) is 4.98 Å². The van der Waals surface area contributed by atoms with Crippen molar-refractivity contribution in [1.29, 1.82) is 0 Å². The third-order valence-corrected chi connectivity index (χ3v) is 5.84. The average molecular weight is 415 g/mol. The number of nitrogens with one attached hydrogen (secondary N) is 1. The van der Waals surface area contributed by atoms with Crippen molar-refractivity contribution in [2.45, 2.75) is 19.5 Å². The van der Waals surface area contributed by atoms with Crippen molar-refractivity contribution in [2.24, 2.45) is 0 Å². The Kier molecular flexibility index (Phi) is 5.36. The van der Waals surface area contributed by atoms with Gasteiger partial charge in [0.15, 0.2) is 0 Å². The van der Waals surface area contributed by atoms with Crippen LogP contribution in [-0.2, 0) is 11.3 Å². The lowest BCUT2D eigenvalue weighted by atomic mass is 10.1. The maximum atomic E-state index is 12.9. The largest absolute Gasteiger partial charge is 0.379 e. The molecule has 1 fully saturated rings. The number of hydrogen-bond donors (Lipinski definition) is 1. The van der Waals surface area contributed by atoms with Gasteiger partial charge in [0.25, 0.3) is 5.56 Å². The number of aryl methyl sites for hydroxylation is 1. The van der Waals surface area contributed by atoms with E-state index in [4.69, 9.17) is 4.74 Å². The summed E-state index contributed by atoms with van der Waals surface area (Å²) in [5.41, 5.74) is 3.43. The van der Waals surface area contributed by atoms with E-state index in [2.05, 4.69) is 36.6 Å². The molecule has 1 atom stereocenters. The molecule has 5 rings (SSSR count). The monoisotopic (exact) mass is 415 g/mol. The number of nitrogens with zero attached hydrogens (tertiary/aromatic N) is 4. The Balaban J connectivity index is 1.54. The molecule has 0 amide bonds. The zero-order chi connectivity index (χ0) is 21.2. The number of aromatic amines is 1. The Morgan fingerprint density at radius 1 is 1.10 bits per heavy atom. The summed E-state index contributed by atoms with van der Waals surface area (Å²) in [6, 6.07) is 14.0. The van der Waals surface area contributed by atoms with Crippen LogP contribution in [0.5, 0.6) is 0 Å². The van der Waals surface area contributed by atoms with E-state index < -0.39 is 0 Å². The van der Waals surface area contributed by atoms with Crippen LogP contribution in [0.2, 0.25) is 0 Å². The van der Waals surface area contributed by atoms with Crippen molar-refractivity contribution in [3.63, 3.8) is 0 Å². The fourth-order valence-electron chi connectivity index (χ4n) is 4.24. The van der Waals surface area contributed by atoms with Gasteiger partial charge in [-0.05, 0) is 42.6 Å². The quantitative estimate of drug-likeness (QED) is 0.542. The third-order valence-electron chi connectivity index (χ3n) is 5.84. The number of rotatable bonds is 5. The highest BCUT2D eigenvalue weighted by atomic mass is 16.5. The minimum atomic E-state index is -0.135. The van der Waals surface area contributed by atoms with Gasteiger partial charge in [0, 0.05) is 43.7 Å². The summed E-state index contributed by atoms with van der Waals surface area (Å²) in [5, 5.41) is 0.999. The molecule has 1 aliphatic rings. The Bertz CT molecular complexity index is 1240. The van der Waals surface area contributed by atoms with Crippen LogP contribution < -0.4 is 5.56 Å².